The molecule has 0 aliphatic heterocycles. The number of anilines is 1. The molecule has 0 saturated carbocycles. The highest BCUT2D eigenvalue weighted by Crippen LogP contribution is 2.03. The lowest BCUT2D eigenvalue weighted by Gasteiger charge is -2.04. The molecule has 0 aliphatic carbocycles. The Bertz CT molecular complexity index is 590. The minimum absolute atomic E-state index is 0.252. The van der Waals surface area contributed by atoms with Crippen molar-refractivity contribution < 1.29 is 4.79 Å². The number of benzene rings is 1. The Morgan fingerprint density at radius 3 is 2.59 bits per heavy atom. The van der Waals surface area contributed by atoms with E-state index < -0.39 is 5.69 Å². The lowest BCUT2D eigenvalue weighted by molar-refractivity contribution is 0.102. The fourth-order valence-corrected chi connectivity index (χ4v) is 1.31. The second-order valence-electron chi connectivity index (χ2n) is 3.53. The highest BCUT2D eigenvalue weighted by atomic mass is 16.2. The summed E-state index contributed by atoms with van der Waals surface area (Å²) in [5.74, 6) is -0.0340. The maximum absolute atomic E-state index is 11.8. The molecule has 5 heteroatoms. The van der Waals surface area contributed by atoms with Crippen molar-refractivity contribution in [2.24, 2.45) is 7.05 Å². The molecule has 0 spiro atoms. The minimum atomic E-state index is -0.407. The average molecular weight is 229 g/mol. The van der Waals surface area contributed by atoms with Gasteiger partial charge in [-0.1, -0.05) is 18.2 Å². The molecule has 0 fully saturated rings. The molecular weight excluding hydrogens is 218 g/mol. The van der Waals surface area contributed by atoms with Gasteiger partial charge in [-0.05, 0) is 18.2 Å². The van der Waals surface area contributed by atoms with Gasteiger partial charge in [-0.25, -0.2) is 4.79 Å². The van der Waals surface area contributed by atoms with Crippen LogP contribution in [0.3, 0.4) is 0 Å². The van der Waals surface area contributed by atoms with Gasteiger partial charge in [0.1, 0.15) is 5.82 Å². The molecule has 0 radical (unpaired) electrons. The molecule has 2 rings (SSSR count). The number of rotatable bonds is 2. The summed E-state index contributed by atoms with van der Waals surface area (Å²) in [6.45, 7) is 0. The van der Waals surface area contributed by atoms with Crippen LogP contribution in [0.15, 0.2) is 47.4 Å². The Balaban J connectivity index is 2.19. The summed E-state index contributed by atoms with van der Waals surface area (Å²) < 4.78 is 1.33. The molecule has 0 atom stereocenters. The number of aromatic nitrogens is 2. The fourth-order valence-electron chi connectivity index (χ4n) is 1.31. The number of nitrogens with one attached hydrogen (secondary N) is 1. The van der Waals surface area contributed by atoms with Crippen molar-refractivity contribution in [2.45, 2.75) is 0 Å². The molecule has 0 aliphatic rings. The summed E-state index contributed by atoms with van der Waals surface area (Å²) in [6, 6.07) is 10.3. The van der Waals surface area contributed by atoms with Gasteiger partial charge in [0.05, 0.1) is 0 Å². The highest BCUT2D eigenvalue weighted by Gasteiger charge is 2.06. The largest absolute Gasteiger partial charge is 0.349 e. The topological polar surface area (TPSA) is 64.0 Å². The number of amides is 1. The smallest absolute Gasteiger partial charge is 0.306 e. The zero-order valence-corrected chi connectivity index (χ0v) is 9.25. The summed E-state index contributed by atoms with van der Waals surface area (Å²) >= 11 is 0. The number of carbonyl (C=O) groups excluding carboxylic acids is 1. The van der Waals surface area contributed by atoms with E-state index in [2.05, 4.69) is 10.3 Å². The van der Waals surface area contributed by atoms with Gasteiger partial charge in [0.25, 0.3) is 5.91 Å². The maximum Gasteiger partial charge on any atom is 0.349 e. The zero-order valence-electron chi connectivity index (χ0n) is 9.25. The lowest BCUT2D eigenvalue weighted by Crippen LogP contribution is -2.22. The standard InChI is InChI=1S/C12H11N3O2/c1-15-8-7-10(14-12(15)17)13-11(16)9-5-3-2-4-6-9/h2-8H,1H3,(H,13,14,16,17). The van der Waals surface area contributed by atoms with E-state index in [0.29, 0.717) is 5.56 Å². The first-order chi connectivity index (χ1) is 8.16. The van der Waals surface area contributed by atoms with E-state index in [1.54, 1.807) is 43.6 Å². The molecule has 0 bridgehead atoms. The Labute approximate surface area is 97.7 Å². The maximum atomic E-state index is 11.8. The normalized spacial score (nSPS) is 9.94. The van der Waals surface area contributed by atoms with Crippen LogP contribution >= 0.6 is 0 Å². The monoisotopic (exact) mass is 229 g/mol. The van der Waals surface area contributed by atoms with Gasteiger partial charge in [-0.3, -0.25) is 4.79 Å². The molecule has 2 aromatic rings. The van der Waals surface area contributed by atoms with Crippen molar-refractivity contribution in [3.8, 4) is 0 Å². The summed E-state index contributed by atoms with van der Waals surface area (Å²) in [5.41, 5.74) is 0.117. The first-order valence-electron chi connectivity index (χ1n) is 5.07. The predicted octanol–water partition coefficient (Wildman–Crippen LogP) is 1.03. The number of carbonyl (C=O) groups is 1. The van der Waals surface area contributed by atoms with E-state index in [0.717, 1.165) is 0 Å². The van der Waals surface area contributed by atoms with Crippen LogP contribution in [0.25, 0.3) is 0 Å². The van der Waals surface area contributed by atoms with Gasteiger partial charge in [0.15, 0.2) is 0 Å². The molecule has 1 aromatic heterocycles. The molecule has 1 heterocycles. The van der Waals surface area contributed by atoms with E-state index in [4.69, 9.17) is 0 Å². The fraction of sp³-hybridized carbons (Fsp3) is 0.0833. The molecule has 1 N–H and O–H groups in total. The van der Waals surface area contributed by atoms with Crippen molar-refractivity contribution in [1.29, 1.82) is 0 Å². The van der Waals surface area contributed by atoms with Crippen LogP contribution in [0.4, 0.5) is 5.82 Å². The van der Waals surface area contributed by atoms with Crippen LogP contribution in [0.1, 0.15) is 10.4 Å². The predicted molar refractivity (Wildman–Crippen MR) is 63.9 cm³/mol. The van der Waals surface area contributed by atoms with Crippen LogP contribution in [0, 0.1) is 0 Å². The third-order valence-corrected chi connectivity index (χ3v) is 2.25. The van der Waals surface area contributed by atoms with Crippen LogP contribution in [-0.4, -0.2) is 15.5 Å². The Hall–Kier alpha value is -2.43. The van der Waals surface area contributed by atoms with Crippen molar-refractivity contribution >= 4 is 11.7 Å². The van der Waals surface area contributed by atoms with Crippen LogP contribution in [0.2, 0.25) is 0 Å². The molecule has 0 saturated heterocycles. The third-order valence-electron chi connectivity index (χ3n) is 2.25. The first kappa shape index (κ1) is 11.1. The summed E-state index contributed by atoms with van der Waals surface area (Å²) in [4.78, 5) is 26.7. The Morgan fingerprint density at radius 2 is 1.94 bits per heavy atom. The highest BCUT2D eigenvalue weighted by molar-refractivity contribution is 6.03. The van der Waals surface area contributed by atoms with E-state index in [1.165, 1.54) is 4.57 Å². The molecule has 0 unspecified atom stereocenters. The first-order valence-corrected chi connectivity index (χ1v) is 5.07. The van der Waals surface area contributed by atoms with Gasteiger partial charge in [0.2, 0.25) is 0 Å². The van der Waals surface area contributed by atoms with Gasteiger partial charge in [-0.2, -0.15) is 4.98 Å². The Morgan fingerprint density at radius 1 is 1.24 bits per heavy atom. The second-order valence-corrected chi connectivity index (χ2v) is 3.53. The average Bonchev–Trinajstić information content (AvgIpc) is 2.35. The summed E-state index contributed by atoms with van der Waals surface area (Å²) in [6.07, 6.45) is 1.55. The molecule has 86 valence electrons. The third kappa shape index (κ3) is 2.57. The minimum Gasteiger partial charge on any atom is -0.306 e. The van der Waals surface area contributed by atoms with Crippen LogP contribution in [0.5, 0.6) is 0 Å². The van der Waals surface area contributed by atoms with Gasteiger partial charge in [0, 0.05) is 18.8 Å². The summed E-state index contributed by atoms with van der Waals surface area (Å²) in [5, 5.41) is 2.56. The van der Waals surface area contributed by atoms with E-state index in [9.17, 15) is 9.59 Å². The number of hydrogen-bond acceptors (Lipinski definition) is 3. The van der Waals surface area contributed by atoms with E-state index in [1.807, 2.05) is 6.07 Å². The van der Waals surface area contributed by atoms with Gasteiger partial charge in [-0.15, -0.1) is 0 Å². The number of hydrogen-bond donors (Lipinski definition) is 1. The van der Waals surface area contributed by atoms with Crippen molar-refractivity contribution in [2.75, 3.05) is 5.32 Å². The molecule has 1 amide bonds. The SMILES string of the molecule is Cn1ccc(NC(=O)c2ccccc2)nc1=O. The van der Waals surface area contributed by atoms with E-state index >= 15 is 0 Å². The summed E-state index contributed by atoms with van der Waals surface area (Å²) in [7, 11) is 1.60. The zero-order chi connectivity index (χ0) is 12.3. The molecule has 17 heavy (non-hydrogen) atoms. The molecule has 1 aromatic carbocycles. The van der Waals surface area contributed by atoms with Crippen LogP contribution < -0.4 is 11.0 Å². The molecular formula is C12H11N3O2. The van der Waals surface area contributed by atoms with Crippen molar-refractivity contribution in [3.05, 3.63) is 58.6 Å². The van der Waals surface area contributed by atoms with Crippen molar-refractivity contribution in [3.63, 3.8) is 0 Å². The number of aryl methyl sites for hydroxylation is 1. The van der Waals surface area contributed by atoms with Crippen LogP contribution in [-0.2, 0) is 7.05 Å². The van der Waals surface area contributed by atoms with Crippen molar-refractivity contribution in [1.82, 2.24) is 9.55 Å². The molecule has 5 nitrogen and oxygen atoms in total. The number of nitrogens with zero attached hydrogens (tertiary/aromatic N) is 2. The van der Waals surface area contributed by atoms with Gasteiger partial charge >= 0.3 is 5.69 Å². The van der Waals surface area contributed by atoms with Gasteiger partial charge < -0.3 is 9.88 Å². The lowest BCUT2D eigenvalue weighted by atomic mass is 10.2. The Kier molecular flexibility index (Phi) is 3.00. The second kappa shape index (κ2) is 4.61. The van der Waals surface area contributed by atoms with E-state index in [-0.39, 0.29) is 11.7 Å². The quantitative estimate of drug-likeness (QED) is 0.836.